The number of amides is 2. The summed E-state index contributed by atoms with van der Waals surface area (Å²) in [5, 5.41) is 2.70. The molecule has 1 aliphatic rings. The molecule has 1 N–H and O–H groups in total. The van der Waals surface area contributed by atoms with Crippen molar-refractivity contribution >= 4 is 21.8 Å². The van der Waals surface area contributed by atoms with E-state index in [0.717, 1.165) is 18.4 Å². The highest BCUT2D eigenvalue weighted by molar-refractivity contribution is 7.89. The lowest BCUT2D eigenvalue weighted by atomic mass is 10.0. The SMILES string of the molecule is CCCc1ccc(S(=O)(=O)N2CCN(C(=O)[C@@H](NC(C)=O)C(C)C)CC2)cc1. The molecule has 1 heterocycles. The molecular weight excluding hydrogens is 378 g/mol. The molecule has 1 aromatic rings. The van der Waals surface area contributed by atoms with E-state index < -0.39 is 16.1 Å². The smallest absolute Gasteiger partial charge is 0.245 e. The van der Waals surface area contributed by atoms with Gasteiger partial charge < -0.3 is 10.2 Å². The average Bonchev–Trinajstić information content (AvgIpc) is 2.66. The largest absolute Gasteiger partial charge is 0.344 e. The average molecular weight is 410 g/mol. The number of rotatable bonds is 7. The number of hydrogen-bond acceptors (Lipinski definition) is 4. The Morgan fingerprint density at radius 3 is 2.11 bits per heavy atom. The van der Waals surface area contributed by atoms with E-state index in [1.54, 1.807) is 17.0 Å². The van der Waals surface area contributed by atoms with E-state index in [9.17, 15) is 18.0 Å². The van der Waals surface area contributed by atoms with Crippen molar-refractivity contribution in [3.63, 3.8) is 0 Å². The maximum absolute atomic E-state index is 12.9. The molecule has 0 aromatic heterocycles. The summed E-state index contributed by atoms with van der Waals surface area (Å²) in [6.45, 7) is 8.35. The number of benzene rings is 1. The number of carbonyl (C=O) groups excluding carboxylic acids is 2. The molecule has 7 nitrogen and oxygen atoms in total. The van der Waals surface area contributed by atoms with Gasteiger partial charge >= 0.3 is 0 Å². The zero-order valence-electron chi connectivity index (χ0n) is 17.1. The number of carbonyl (C=O) groups is 2. The summed E-state index contributed by atoms with van der Waals surface area (Å²) in [5.74, 6) is -0.453. The highest BCUT2D eigenvalue weighted by Gasteiger charge is 2.33. The molecule has 156 valence electrons. The van der Waals surface area contributed by atoms with Gasteiger partial charge in [0.05, 0.1) is 4.90 Å². The number of piperazine rings is 1. The van der Waals surface area contributed by atoms with Gasteiger partial charge in [-0.05, 0) is 30.0 Å². The van der Waals surface area contributed by atoms with Crippen LogP contribution in [0.25, 0.3) is 0 Å². The molecule has 0 saturated carbocycles. The number of nitrogens with zero attached hydrogens (tertiary/aromatic N) is 2. The van der Waals surface area contributed by atoms with Crippen molar-refractivity contribution in [3.05, 3.63) is 29.8 Å². The summed E-state index contributed by atoms with van der Waals surface area (Å²) in [6.07, 6.45) is 1.93. The van der Waals surface area contributed by atoms with Gasteiger partial charge in [0.25, 0.3) is 0 Å². The van der Waals surface area contributed by atoms with E-state index in [2.05, 4.69) is 12.2 Å². The Labute approximate surface area is 168 Å². The zero-order valence-corrected chi connectivity index (χ0v) is 18.0. The van der Waals surface area contributed by atoms with Gasteiger partial charge in [-0.15, -0.1) is 0 Å². The summed E-state index contributed by atoms with van der Waals surface area (Å²) in [6, 6.07) is 6.44. The molecule has 0 spiro atoms. The van der Waals surface area contributed by atoms with Crippen LogP contribution in [0.4, 0.5) is 0 Å². The van der Waals surface area contributed by atoms with Crippen LogP contribution in [0.1, 0.15) is 39.7 Å². The maximum atomic E-state index is 12.9. The van der Waals surface area contributed by atoms with Gasteiger partial charge in [-0.3, -0.25) is 9.59 Å². The van der Waals surface area contributed by atoms with Crippen molar-refractivity contribution in [2.45, 2.75) is 51.5 Å². The quantitative estimate of drug-likeness (QED) is 0.742. The molecule has 8 heteroatoms. The van der Waals surface area contributed by atoms with E-state index in [0.29, 0.717) is 13.1 Å². The third-order valence-corrected chi connectivity index (χ3v) is 6.85. The Balaban J connectivity index is 2.03. The van der Waals surface area contributed by atoms with Crippen molar-refractivity contribution in [2.75, 3.05) is 26.2 Å². The highest BCUT2D eigenvalue weighted by Crippen LogP contribution is 2.19. The molecule has 1 aliphatic heterocycles. The molecule has 0 unspecified atom stereocenters. The van der Waals surface area contributed by atoms with Gasteiger partial charge in [-0.2, -0.15) is 4.31 Å². The first kappa shape index (κ1) is 22.4. The predicted octanol–water partition coefficient (Wildman–Crippen LogP) is 1.63. The van der Waals surface area contributed by atoms with Crippen molar-refractivity contribution < 1.29 is 18.0 Å². The van der Waals surface area contributed by atoms with Crippen molar-refractivity contribution in [1.29, 1.82) is 0 Å². The normalized spacial score (nSPS) is 16.8. The second-order valence-corrected chi connectivity index (χ2v) is 9.48. The lowest BCUT2D eigenvalue weighted by Crippen LogP contribution is -2.56. The van der Waals surface area contributed by atoms with E-state index in [1.807, 2.05) is 26.0 Å². The Bertz CT molecular complexity index is 782. The van der Waals surface area contributed by atoms with Crippen LogP contribution in [0.3, 0.4) is 0 Å². The third kappa shape index (κ3) is 5.32. The molecule has 1 aromatic carbocycles. The monoisotopic (exact) mass is 409 g/mol. The van der Waals surface area contributed by atoms with Gasteiger partial charge in [0.15, 0.2) is 0 Å². The molecular formula is C20H31N3O4S. The molecule has 1 saturated heterocycles. The fourth-order valence-corrected chi connectivity index (χ4v) is 4.77. The van der Waals surface area contributed by atoms with E-state index in [1.165, 1.54) is 11.2 Å². The van der Waals surface area contributed by atoms with Crippen LogP contribution in [0.5, 0.6) is 0 Å². The standard InChI is InChI=1S/C20H31N3O4S/c1-5-6-17-7-9-18(10-8-17)28(26,27)23-13-11-22(12-14-23)20(25)19(15(2)3)21-16(4)24/h7-10,15,19H,5-6,11-14H2,1-4H3,(H,21,24)/t19-/m0/s1. The molecule has 0 aliphatic carbocycles. The third-order valence-electron chi connectivity index (χ3n) is 4.94. The predicted molar refractivity (Wildman–Crippen MR) is 108 cm³/mol. The summed E-state index contributed by atoms with van der Waals surface area (Å²) in [5.41, 5.74) is 1.12. The molecule has 1 atom stereocenters. The van der Waals surface area contributed by atoms with E-state index in [4.69, 9.17) is 0 Å². The minimum atomic E-state index is -3.57. The van der Waals surface area contributed by atoms with Crippen LogP contribution in [0.15, 0.2) is 29.2 Å². The Morgan fingerprint density at radius 2 is 1.64 bits per heavy atom. The van der Waals surface area contributed by atoms with Gasteiger partial charge in [0.1, 0.15) is 6.04 Å². The first-order chi connectivity index (χ1) is 13.2. The molecule has 28 heavy (non-hydrogen) atoms. The van der Waals surface area contributed by atoms with Gasteiger partial charge in [0, 0.05) is 33.1 Å². The maximum Gasteiger partial charge on any atom is 0.245 e. The summed E-state index contributed by atoms with van der Waals surface area (Å²) in [7, 11) is -3.57. The number of aryl methyl sites for hydroxylation is 1. The Morgan fingerprint density at radius 1 is 1.07 bits per heavy atom. The fourth-order valence-electron chi connectivity index (χ4n) is 3.34. The molecule has 0 bridgehead atoms. The van der Waals surface area contributed by atoms with Crippen LogP contribution < -0.4 is 5.32 Å². The lowest BCUT2D eigenvalue weighted by Gasteiger charge is -2.36. The second-order valence-electron chi connectivity index (χ2n) is 7.55. The topological polar surface area (TPSA) is 86.8 Å². The van der Waals surface area contributed by atoms with Crippen LogP contribution >= 0.6 is 0 Å². The molecule has 2 rings (SSSR count). The molecule has 1 fully saturated rings. The minimum Gasteiger partial charge on any atom is -0.344 e. The van der Waals surface area contributed by atoms with Gasteiger partial charge in [-0.1, -0.05) is 39.3 Å². The first-order valence-electron chi connectivity index (χ1n) is 9.81. The second kappa shape index (κ2) is 9.52. The van der Waals surface area contributed by atoms with Crippen molar-refractivity contribution in [2.24, 2.45) is 5.92 Å². The first-order valence-corrected chi connectivity index (χ1v) is 11.3. The molecule has 0 radical (unpaired) electrons. The van der Waals surface area contributed by atoms with E-state index in [-0.39, 0.29) is 35.7 Å². The van der Waals surface area contributed by atoms with Crippen LogP contribution in [-0.2, 0) is 26.0 Å². The number of sulfonamides is 1. The highest BCUT2D eigenvalue weighted by atomic mass is 32.2. The Hall–Kier alpha value is -1.93. The minimum absolute atomic E-state index is 0.0419. The van der Waals surface area contributed by atoms with Crippen molar-refractivity contribution in [1.82, 2.24) is 14.5 Å². The zero-order chi connectivity index (χ0) is 20.9. The summed E-state index contributed by atoms with van der Waals surface area (Å²) >= 11 is 0. The van der Waals surface area contributed by atoms with Crippen LogP contribution in [0, 0.1) is 5.92 Å². The van der Waals surface area contributed by atoms with Crippen LogP contribution in [0.2, 0.25) is 0 Å². The van der Waals surface area contributed by atoms with Gasteiger partial charge in [-0.25, -0.2) is 8.42 Å². The van der Waals surface area contributed by atoms with Crippen LogP contribution in [-0.4, -0.2) is 61.7 Å². The molecule has 2 amide bonds. The summed E-state index contributed by atoms with van der Waals surface area (Å²) < 4.78 is 27.2. The Kier molecular flexibility index (Phi) is 7.60. The summed E-state index contributed by atoms with van der Waals surface area (Å²) in [4.78, 5) is 26.0. The van der Waals surface area contributed by atoms with E-state index >= 15 is 0 Å². The number of nitrogens with one attached hydrogen (secondary N) is 1. The van der Waals surface area contributed by atoms with Crippen molar-refractivity contribution in [3.8, 4) is 0 Å². The number of hydrogen-bond donors (Lipinski definition) is 1. The lowest BCUT2D eigenvalue weighted by molar-refractivity contribution is -0.138. The van der Waals surface area contributed by atoms with Gasteiger partial charge in [0.2, 0.25) is 21.8 Å². The fraction of sp³-hybridized carbons (Fsp3) is 0.600.